The lowest BCUT2D eigenvalue weighted by Gasteiger charge is -2.26. The highest BCUT2D eigenvalue weighted by atomic mass is 32.1. The summed E-state index contributed by atoms with van der Waals surface area (Å²) in [6.45, 7) is 0.586. The van der Waals surface area contributed by atoms with Crippen LogP contribution in [0.2, 0.25) is 0 Å². The molecule has 2 saturated carbocycles. The zero-order valence-electron chi connectivity index (χ0n) is 19.3. The van der Waals surface area contributed by atoms with Crippen molar-refractivity contribution in [1.82, 2.24) is 20.1 Å². The maximum absolute atomic E-state index is 13.4. The number of ketones is 2. The quantitative estimate of drug-likeness (QED) is 0.505. The van der Waals surface area contributed by atoms with Gasteiger partial charge in [-0.1, -0.05) is 12.8 Å². The number of anilines is 1. The Morgan fingerprint density at radius 2 is 2.03 bits per heavy atom. The Bertz CT molecular complexity index is 1130. The third kappa shape index (κ3) is 4.54. The molecule has 0 bridgehead atoms. The van der Waals surface area contributed by atoms with Gasteiger partial charge in [-0.3, -0.25) is 19.0 Å². The zero-order valence-corrected chi connectivity index (χ0v) is 20.2. The number of aryl methyl sites for hydroxylation is 1. The summed E-state index contributed by atoms with van der Waals surface area (Å²) in [7, 11) is 0. The number of thiophene rings is 1. The molecule has 3 aliphatic carbocycles. The first-order chi connectivity index (χ1) is 16.5. The van der Waals surface area contributed by atoms with E-state index in [2.05, 4.69) is 25.4 Å². The Labute approximate surface area is 202 Å². The monoisotopic (exact) mass is 481 g/mol. The number of carbonyl (C=O) groups is 3. The van der Waals surface area contributed by atoms with Crippen LogP contribution < -0.4 is 10.6 Å². The summed E-state index contributed by atoms with van der Waals surface area (Å²) in [5, 5.41) is 14.6. The van der Waals surface area contributed by atoms with E-state index in [9.17, 15) is 14.4 Å². The number of rotatable bonds is 10. The van der Waals surface area contributed by atoms with Gasteiger partial charge in [0.2, 0.25) is 11.9 Å². The molecule has 2 aromatic heterocycles. The molecule has 4 aliphatic rings. The first kappa shape index (κ1) is 21.9. The average molecular weight is 482 g/mol. The largest absolute Gasteiger partial charge is 0.354 e. The predicted octanol–water partition coefficient (Wildman–Crippen LogP) is 3.26. The summed E-state index contributed by atoms with van der Waals surface area (Å²) in [4.78, 5) is 39.9. The molecule has 0 unspecified atom stereocenters. The van der Waals surface area contributed by atoms with E-state index >= 15 is 0 Å². The molecule has 0 aromatic carbocycles. The molecule has 6 rings (SSSR count). The van der Waals surface area contributed by atoms with E-state index in [0.717, 1.165) is 54.5 Å². The minimum absolute atomic E-state index is 0.00958. The van der Waals surface area contributed by atoms with E-state index in [-0.39, 0.29) is 29.7 Å². The highest BCUT2D eigenvalue weighted by Crippen LogP contribution is 2.42. The molecule has 2 aromatic rings. The molecule has 3 heterocycles. The fourth-order valence-corrected chi connectivity index (χ4v) is 6.76. The van der Waals surface area contributed by atoms with E-state index in [1.54, 1.807) is 17.7 Å². The molecule has 9 heteroatoms. The molecule has 180 valence electrons. The van der Waals surface area contributed by atoms with Crippen LogP contribution in [-0.4, -0.2) is 44.8 Å². The van der Waals surface area contributed by atoms with Crippen molar-refractivity contribution in [2.24, 2.45) is 11.8 Å². The van der Waals surface area contributed by atoms with E-state index in [0.29, 0.717) is 43.5 Å². The third-order valence-electron chi connectivity index (χ3n) is 7.71. The smallest absolute Gasteiger partial charge is 0.224 e. The van der Waals surface area contributed by atoms with Crippen molar-refractivity contribution in [1.29, 1.82) is 0 Å². The van der Waals surface area contributed by atoms with Crippen molar-refractivity contribution in [3.05, 3.63) is 27.2 Å². The van der Waals surface area contributed by atoms with Gasteiger partial charge in [-0.2, -0.15) is 0 Å². The van der Waals surface area contributed by atoms with Gasteiger partial charge in [-0.05, 0) is 50.0 Å². The lowest BCUT2D eigenvalue weighted by molar-refractivity contribution is -0.120. The molecule has 1 aliphatic heterocycles. The van der Waals surface area contributed by atoms with Gasteiger partial charge in [-0.25, -0.2) is 0 Å². The van der Waals surface area contributed by atoms with E-state index in [1.807, 2.05) is 0 Å². The van der Waals surface area contributed by atoms with Gasteiger partial charge in [0, 0.05) is 53.1 Å². The molecule has 2 N–H and O–H groups in total. The lowest BCUT2D eigenvalue weighted by Crippen LogP contribution is -2.26. The van der Waals surface area contributed by atoms with Gasteiger partial charge in [0.1, 0.15) is 12.1 Å². The van der Waals surface area contributed by atoms with Crippen LogP contribution in [0, 0.1) is 11.8 Å². The Balaban J connectivity index is 1.25. The topological polar surface area (TPSA) is 106 Å². The average Bonchev–Trinajstić information content (AvgIpc) is 3.73. The number of carbonyl (C=O) groups excluding carboxylic acids is 3. The molecule has 2 atom stereocenters. The van der Waals surface area contributed by atoms with Crippen LogP contribution >= 0.6 is 11.3 Å². The first-order valence-electron chi connectivity index (χ1n) is 12.7. The van der Waals surface area contributed by atoms with Gasteiger partial charge in [0.05, 0.1) is 6.04 Å². The number of hydrogen-bond acceptors (Lipinski definition) is 7. The summed E-state index contributed by atoms with van der Waals surface area (Å²) in [5.74, 6) is 2.18. The molecule has 8 nitrogen and oxygen atoms in total. The number of hydrogen-bond donors (Lipinski definition) is 2. The van der Waals surface area contributed by atoms with Crippen LogP contribution in [0.3, 0.4) is 0 Å². The van der Waals surface area contributed by atoms with Crippen LogP contribution in [0.1, 0.15) is 83.1 Å². The highest BCUT2D eigenvalue weighted by molar-refractivity contribution is 7.12. The minimum Gasteiger partial charge on any atom is -0.354 e. The van der Waals surface area contributed by atoms with Crippen molar-refractivity contribution in [2.45, 2.75) is 82.7 Å². The fraction of sp³-hybridized carbons (Fsp3) is 0.640. The van der Waals surface area contributed by atoms with Gasteiger partial charge < -0.3 is 10.6 Å². The first-order valence-corrected chi connectivity index (χ1v) is 13.5. The Morgan fingerprint density at radius 3 is 2.76 bits per heavy atom. The maximum Gasteiger partial charge on any atom is 0.224 e. The number of nitrogens with one attached hydrogen (secondary N) is 2. The van der Waals surface area contributed by atoms with Gasteiger partial charge >= 0.3 is 0 Å². The normalized spacial score (nSPS) is 24.1. The van der Waals surface area contributed by atoms with Crippen molar-refractivity contribution < 1.29 is 14.4 Å². The fourth-order valence-electron chi connectivity index (χ4n) is 5.39. The van der Waals surface area contributed by atoms with E-state index in [4.69, 9.17) is 0 Å². The van der Waals surface area contributed by atoms with Crippen molar-refractivity contribution in [3.63, 3.8) is 0 Å². The summed E-state index contributed by atoms with van der Waals surface area (Å²) in [5.41, 5.74) is 2.01. The summed E-state index contributed by atoms with van der Waals surface area (Å²) < 4.78 is 2.07. The summed E-state index contributed by atoms with van der Waals surface area (Å²) in [6.07, 6.45) is 11.2. The van der Waals surface area contributed by atoms with Crippen LogP contribution in [0.15, 0.2) is 6.33 Å². The number of Topliss-reactive ketones (excluding diaryl/α,β-unsaturated/α-hetero) is 2. The zero-order chi connectivity index (χ0) is 23.2. The summed E-state index contributed by atoms with van der Waals surface area (Å²) in [6, 6.07) is 0.155. The standard InChI is InChI=1S/C25H31N5O3S/c31-19(7-3-14-1-2-14)24-18-10-17(6-8-21(18)34-22(24)11-20(32)15-4-5-15)30-13-27-29-25(30)28-16-9-23(33)26-12-16/h13-17H,1-12H2,(H,26,33)(H,28,29)/t16-,17+/m1/s1. The maximum atomic E-state index is 13.4. The molecule has 0 radical (unpaired) electrons. The molecule has 1 amide bonds. The molecule has 3 fully saturated rings. The Morgan fingerprint density at radius 1 is 1.18 bits per heavy atom. The van der Waals surface area contributed by atoms with Gasteiger partial charge in [-0.15, -0.1) is 21.5 Å². The van der Waals surface area contributed by atoms with E-state index < -0.39 is 0 Å². The van der Waals surface area contributed by atoms with Crippen molar-refractivity contribution in [2.75, 3.05) is 11.9 Å². The third-order valence-corrected chi connectivity index (χ3v) is 9.00. The number of amides is 1. The lowest BCUT2D eigenvalue weighted by atomic mass is 9.88. The highest BCUT2D eigenvalue weighted by Gasteiger charge is 2.35. The minimum atomic E-state index is 0.00958. The molecule has 1 saturated heterocycles. The molecular weight excluding hydrogens is 450 g/mol. The van der Waals surface area contributed by atoms with Crippen LogP contribution in [0.25, 0.3) is 0 Å². The SMILES string of the molecule is O=C1C[C@@H](Nc2nncn2[C@H]2CCc3sc(CC(=O)C4CC4)c(C(=O)CCC4CC4)c3C2)CN1. The van der Waals surface area contributed by atoms with Crippen LogP contribution in [0.5, 0.6) is 0 Å². The molecule has 0 spiro atoms. The Hall–Kier alpha value is -2.55. The molecule has 34 heavy (non-hydrogen) atoms. The number of fused-ring (bicyclic) bond motifs is 1. The van der Waals surface area contributed by atoms with Crippen molar-refractivity contribution in [3.8, 4) is 0 Å². The predicted molar refractivity (Wildman–Crippen MR) is 128 cm³/mol. The van der Waals surface area contributed by atoms with Crippen LogP contribution in [0.4, 0.5) is 5.95 Å². The van der Waals surface area contributed by atoms with Crippen LogP contribution in [-0.2, 0) is 28.9 Å². The second-order valence-electron chi connectivity index (χ2n) is 10.4. The second kappa shape index (κ2) is 8.91. The summed E-state index contributed by atoms with van der Waals surface area (Å²) >= 11 is 1.70. The van der Waals surface area contributed by atoms with Gasteiger partial charge in [0.25, 0.3) is 0 Å². The number of nitrogens with zero attached hydrogens (tertiary/aromatic N) is 3. The van der Waals surface area contributed by atoms with E-state index in [1.165, 1.54) is 17.7 Å². The second-order valence-corrected chi connectivity index (χ2v) is 11.6. The van der Waals surface area contributed by atoms with Crippen molar-refractivity contribution >= 4 is 34.8 Å². The molecular formula is C25H31N5O3S. The van der Waals surface area contributed by atoms with Gasteiger partial charge in [0.15, 0.2) is 5.78 Å². The Kier molecular flexibility index (Phi) is 5.75. The number of aromatic nitrogens is 3.